The van der Waals surface area contributed by atoms with E-state index < -0.39 is 11.8 Å². The third-order valence-electron chi connectivity index (χ3n) is 3.18. The zero-order valence-electron chi connectivity index (χ0n) is 11.8. The highest BCUT2D eigenvalue weighted by Gasteiger charge is 2.08. The van der Waals surface area contributed by atoms with E-state index in [1.54, 1.807) is 37.3 Å². The number of ether oxygens (including phenoxy) is 1. The minimum Gasteiger partial charge on any atom is -0.494 e. The minimum absolute atomic E-state index is 0.197. The molecule has 0 fully saturated rings. The van der Waals surface area contributed by atoms with Crippen LogP contribution in [0.4, 0.5) is 10.1 Å². The van der Waals surface area contributed by atoms with E-state index in [9.17, 15) is 9.18 Å². The Bertz CT molecular complexity index is 671. The molecule has 2 aromatic rings. The van der Waals surface area contributed by atoms with E-state index in [0.29, 0.717) is 17.8 Å². The maximum Gasteiger partial charge on any atom is 0.336 e. The van der Waals surface area contributed by atoms with Gasteiger partial charge in [0.05, 0.1) is 12.7 Å². The molecule has 0 unspecified atom stereocenters. The van der Waals surface area contributed by atoms with Gasteiger partial charge in [-0.15, -0.1) is 0 Å². The van der Waals surface area contributed by atoms with Crippen LogP contribution in [0.3, 0.4) is 0 Å². The fraction of sp³-hybridized carbons (Fsp3) is 0.188. The van der Waals surface area contributed by atoms with Crippen molar-refractivity contribution in [1.29, 1.82) is 0 Å². The molecule has 2 aromatic carbocycles. The van der Waals surface area contributed by atoms with Gasteiger partial charge in [0.25, 0.3) is 0 Å². The molecule has 110 valence electrons. The lowest BCUT2D eigenvalue weighted by atomic mass is 10.1. The first kappa shape index (κ1) is 14.8. The van der Waals surface area contributed by atoms with E-state index in [-0.39, 0.29) is 11.3 Å². The van der Waals surface area contributed by atoms with Gasteiger partial charge in [0.1, 0.15) is 0 Å². The Kier molecular flexibility index (Phi) is 4.42. The Morgan fingerprint density at radius 1 is 1.29 bits per heavy atom. The Morgan fingerprint density at radius 2 is 2.05 bits per heavy atom. The molecule has 0 aliphatic rings. The lowest BCUT2D eigenvalue weighted by molar-refractivity contribution is 0.0696. The van der Waals surface area contributed by atoms with Crippen LogP contribution < -0.4 is 10.1 Å². The van der Waals surface area contributed by atoms with Crippen molar-refractivity contribution in [2.24, 2.45) is 0 Å². The molecule has 0 saturated heterocycles. The minimum atomic E-state index is -0.966. The molecule has 0 radical (unpaired) electrons. The molecular weight excluding hydrogens is 273 g/mol. The second kappa shape index (κ2) is 6.26. The zero-order chi connectivity index (χ0) is 15.4. The number of nitrogens with one attached hydrogen (secondary N) is 1. The average molecular weight is 289 g/mol. The molecule has 0 amide bonds. The van der Waals surface area contributed by atoms with Gasteiger partial charge in [-0.1, -0.05) is 12.1 Å². The fourth-order valence-corrected chi connectivity index (χ4v) is 1.99. The molecule has 4 nitrogen and oxygen atoms in total. The molecule has 0 aromatic heterocycles. The van der Waals surface area contributed by atoms with E-state index in [4.69, 9.17) is 9.84 Å². The Morgan fingerprint density at radius 3 is 2.67 bits per heavy atom. The molecule has 0 bridgehead atoms. The molecule has 0 spiro atoms. The van der Waals surface area contributed by atoms with Crippen molar-refractivity contribution in [2.75, 3.05) is 12.4 Å². The summed E-state index contributed by atoms with van der Waals surface area (Å²) in [6.07, 6.45) is 0. The van der Waals surface area contributed by atoms with Gasteiger partial charge in [-0.25, -0.2) is 9.18 Å². The summed E-state index contributed by atoms with van der Waals surface area (Å²) in [5, 5.41) is 12.2. The lowest BCUT2D eigenvalue weighted by Gasteiger charge is -2.10. The van der Waals surface area contributed by atoms with E-state index in [2.05, 4.69) is 5.32 Å². The summed E-state index contributed by atoms with van der Waals surface area (Å²) in [5.74, 6) is -1.19. The zero-order valence-corrected chi connectivity index (χ0v) is 11.8. The number of hydrogen-bond acceptors (Lipinski definition) is 3. The van der Waals surface area contributed by atoms with Gasteiger partial charge in [-0.2, -0.15) is 0 Å². The van der Waals surface area contributed by atoms with Gasteiger partial charge in [0, 0.05) is 12.2 Å². The molecule has 0 atom stereocenters. The molecule has 0 aliphatic carbocycles. The highest BCUT2D eigenvalue weighted by atomic mass is 19.1. The van der Waals surface area contributed by atoms with Crippen molar-refractivity contribution in [2.45, 2.75) is 13.5 Å². The van der Waals surface area contributed by atoms with Gasteiger partial charge in [0.2, 0.25) is 0 Å². The van der Waals surface area contributed by atoms with Gasteiger partial charge in [-0.05, 0) is 42.3 Å². The lowest BCUT2D eigenvalue weighted by Crippen LogP contribution is -2.04. The Hall–Kier alpha value is -2.56. The summed E-state index contributed by atoms with van der Waals surface area (Å²) >= 11 is 0. The van der Waals surface area contributed by atoms with Crippen molar-refractivity contribution in [3.63, 3.8) is 0 Å². The number of rotatable bonds is 5. The van der Waals surface area contributed by atoms with E-state index in [1.165, 1.54) is 13.2 Å². The highest BCUT2D eigenvalue weighted by molar-refractivity contribution is 5.90. The van der Waals surface area contributed by atoms with E-state index >= 15 is 0 Å². The number of methoxy groups -OCH3 is 1. The number of aromatic carboxylic acids is 1. The molecule has 2 N–H and O–H groups in total. The SMILES string of the molecule is COc1ccc(CNc2ccc(C)c(C(=O)O)c2)cc1F. The fourth-order valence-electron chi connectivity index (χ4n) is 1.99. The van der Waals surface area contributed by atoms with Crippen molar-refractivity contribution >= 4 is 11.7 Å². The summed E-state index contributed by atoms with van der Waals surface area (Å²) in [4.78, 5) is 11.1. The third kappa shape index (κ3) is 3.51. The monoisotopic (exact) mass is 289 g/mol. The average Bonchev–Trinajstić information content (AvgIpc) is 2.46. The summed E-state index contributed by atoms with van der Waals surface area (Å²) in [5.41, 5.74) is 2.37. The van der Waals surface area contributed by atoms with Crippen LogP contribution in [-0.2, 0) is 6.54 Å². The van der Waals surface area contributed by atoms with E-state index in [1.807, 2.05) is 0 Å². The molecular formula is C16H16FNO3. The van der Waals surface area contributed by atoms with Crippen LogP contribution in [0.25, 0.3) is 0 Å². The number of halogens is 1. The van der Waals surface area contributed by atoms with Crippen LogP contribution in [-0.4, -0.2) is 18.2 Å². The molecule has 21 heavy (non-hydrogen) atoms. The van der Waals surface area contributed by atoms with Crippen LogP contribution in [0.15, 0.2) is 36.4 Å². The molecule has 2 rings (SSSR count). The second-order valence-electron chi connectivity index (χ2n) is 4.66. The van der Waals surface area contributed by atoms with E-state index in [0.717, 1.165) is 5.56 Å². The topological polar surface area (TPSA) is 58.6 Å². The summed E-state index contributed by atoms with van der Waals surface area (Å²) in [6, 6.07) is 9.79. The summed E-state index contributed by atoms with van der Waals surface area (Å²) in [7, 11) is 1.41. The molecule has 5 heteroatoms. The smallest absolute Gasteiger partial charge is 0.336 e. The Labute approximate surface area is 122 Å². The first-order valence-corrected chi connectivity index (χ1v) is 6.41. The number of anilines is 1. The maximum atomic E-state index is 13.6. The first-order valence-electron chi connectivity index (χ1n) is 6.41. The van der Waals surface area contributed by atoms with Crippen molar-refractivity contribution in [1.82, 2.24) is 0 Å². The third-order valence-corrected chi connectivity index (χ3v) is 3.18. The summed E-state index contributed by atoms with van der Waals surface area (Å²) < 4.78 is 18.4. The van der Waals surface area contributed by atoms with Crippen LogP contribution in [0.1, 0.15) is 21.5 Å². The number of hydrogen-bond donors (Lipinski definition) is 2. The number of carboxylic acids is 1. The van der Waals surface area contributed by atoms with Crippen molar-refractivity contribution in [3.05, 3.63) is 58.9 Å². The number of carbonyl (C=O) groups is 1. The van der Waals surface area contributed by atoms with Gasteiger partial charge in [-0.3, -0.25) is 0 Å². The number of carboxylic acid groups (broad SMARTS) is 1. The largest absolute Gasteiger partial charge is 0.494 e. The number of benzene rings is 2. The van der Waals surface area contributed by atoms with Crippen LogP contribution >= 0.6 is 0 Å². The number of aryl methyl sites for hydroxylation is 1. The predicted octanol–water partition coefficient (Wildman–Crippen LogP) is 3.45. The molecule has 0 aliphatic heterocycles. The predicted molar refractivity (Wildman–Crippen MR) is 78.4 cm³/mol. The van der Waals surface area contributed by atoms with Gasteiger partial charge in [0.15, 0.2) is 11.6 Å². The molecule has 0 saturated carbocycles. The van der Waals surface area contributed by atoms with Crippen molar-refractivity contribution in [3.8, 4) is 5.75 Å². The van der Waals surface area contributed by atoms with Crippen molar-refractivity contribution < 1.29 is 19.0 Å². The van der Waals surface area contributed by atoms with Gasteiger partial charge < -0.3 is 15.2 Å². The maximum absolute atomic E-state index is 13.6. The first-order chi connectivity index (χ1) is 10.0. The second-order valence-corrected chi connectivity index (χ2v) is 4.66. The van der Waals surface area contributed by atoms with Crippen LogP contribution in [0.5, 0.6) is 5.75 Å². The highest BCUT2D eigenvalue weighted by Crippen LogP contribution is 2.20. The van der Waals surface area contributed by atoms with Gasteiger partial charge >= 0.3 is 5.97 Å². The van der Waals surface area contributed by atoms with Crippen LogP contribution in [0.2, 0.25) is 0 Å². The van der Waals surface area contributed by atoms with Crippen LogP contribution in [0, 0.1) is 12.7 Å². The summed E-state index contributed by atoms with van der Waals surface area (Å²) in [6.45, 7) is 2.13. The molecule has 0 heterocycles. The normalized spacial score (nSPS) is 10.2. The quantitative estimate of drug-likeness (QED) is 0.885. The Balaban J connectivity index is 2.11. The standard InChI is InChI=1S/C16H16FNO3/c1-10-3-5-12(8-13(10)16(19)20)18-9-11-4-6-15(21-2)14(17)7-11/h3-8,18H,9H2,1-2H3,(H,19,20).